The van der Waals surface area contributed by atoms with Gasteiger partial charge in [0.15, 0.2) is 0 Å². The van der Waals surface area contributed by atoms with Crippen molar-refractivity contribution in [1.82, 2.24) is 10.3 Å². The average molecular weight is 177 g/mol. The summed E-state index contributed by atoms with van der Waals surface area (Å²) in [6.45, 7) is 5.38. The molecule has 1 aromatic rings. The highest BCUT2D eigenvalue weighted by Gasteiger charge is 2.23. The van der Waals surface area contributed by atoms with Gasteiger partial charge in [0.05, 0.1) is 6.04 Å². The van der Waals surface area contributed by atoms with Gasteiger partial charge in [-0.05, 0) is 19.1 Å². The van der Waals surface area contributed by atoms with E-state index in [0.29, 0.717) is 6.04 Å². The molecule has 3 heteroatoms. The summed E-state index contributed by atoms with van der Waals surface area (Å²) in [5.41, 5.74) is 0. The van der Waals surface area contributed by atoms with Crippen LogP contribution in [-0.4, -0.2) is 30.7 Å². The molecule has 1 aliphatic rings. The molecule has 1 aliphatic heterocycles. The predicted octanol–water partition coefficient (Wildman–Crippen LogP) is 0.880. The molecule has 0 bridgehead atoms. The van der Waals surface area contributed by atoms with E-state index >= 15 is 0 Å². The van der Waals surface area contributed by atoms with E-state index in [4.69, 9.17) is 0 Å². The van der Waals surface area contributed by atoms with E-state index in [1.54, 1.807) is 0 Å². The normalized spacial score (nSPS) is 16.7. The van der Waals surface area contributed by atoms with Gasteiger partial charge in [-0.15, -0.1) is 0 Å². The number of anilines is 1. The van der Waals surface area contributed by atoms with Gasteiger partial charge in [0, 0.05) is 25.8 Å². The van der Waals surface area contributed by atoms with Gasteiger partial charge >= 0.3 is 0 Å². The van der Waals surface area contributed by atoms with Gasteiger partial charge < -0.3 is 10.2 Å². The van der Waals surface area contributed by atoms with Crippen LogP contribution in [0, 0.1) is 0 Å². The molecular formula is C10H15N3. The van der Waals surface area contributed by atoms with Crippen molar-refractivity contribution in [2.75, 3.05) is 24.5 Å². The largest absolute Gasteiger partial charge is 0.351 e. The number of nitrogens with one attached hydrogen (secondary N) is 1. The summed E-state index contributed by atoms with van der Waals surface area (Å²) < 4.78 is 0. The Bertz CT molecular complexity index is 256. The van der Waals surface area contributed by atoms with Gasteiger partial charge in [-0.1, -0.05) is 6.07 Å². The van der Waals surface area contributed by atoms with Crippen LogP contribution in [0.4, 0.5) is 5.82 Å². The van der Waals surface area contributed by atoms with Crippen molar-refractivity contribution in [3.05, 3.63) is 24.4 Å². The Morgan fingerprint density at radius 2 is 2.38 bits per heavy atom. The van der Waals surface area contributed by atoms with Gasteiger partial charge in [0.1, 0.15) is 5.82 Å². The maximum absolute atomic E-state index is 4.35. The van der Waals surface area contributed by atoms with E-state index in [0.717, 1.165) is 25.5 Å². The van der Waals surface area contributed by atoms with E-state index in [9.17, 15) is 0 Å². The Morgan fingerprint density at radius 3 is 2.85 bits per heavy atom. The maximum atomic E-state index is 4.35. The Labute approximate surface area is 78.8 Å². The smallest absolute Gasteiger partial charge is 0.128 e. The Hall–Kier alpha value is -1.09. The highest BCUT2D eigenvalue weighted by Crippen LogP contribution is 2.14. The fraction of sp³-hybridized carbons (Fsp3) is 0.500. The first-order chi connectivity index (χ1) is 6.42. The molecule has 1 fully saturated rings. The molecule has 3 nitrogen and oxygen atoms in total. The number of likely N-dealkylation sites (N-methyl/N-ethyl adjacent to an activating group) is 1. The van der Waals surface area contributed by atoms with Crippen LogP contribution in [0.3, 0.4) is 0 Å². The lowest BCUT2D eigenvalue weighted by atomic mass is 10.1. The zero-order valence-electron chi connectivity index (χ0n) is 7.90. The third-order valence-electron chi connectivity index (χ3n) is 2.48. The monoisotopic (exact) mass is 177 g/mol. The standard InChI is InChI=1S/C10H15N3/c1-2-13(9-7-11-8-9)10-5-3-4-6-12-10/h3-6,9,11H,2,7-8H2,1H3. The molecule has 0 aliphatic carbocycles. The Balaban J connectivity index is 2.12. The highest BCUT2D eigenvalue weighted by molar-refractivity contribution is 5.40. The number of rotatable bonds is 3. The van der Waals surface area contributed by atoms with Crippen LogP contribution in [0.15, 0.2) is 24.4 Å². The topological polar surface area (TPSA) is 28.2 Å². The van der Waals surface area contributed by atoms with Crippen molar-refractivity contribution in [1.29, 1.82) is 0 Å². The Morgan fingerprint density at radius 1 is 1.54 bits per heavy atom. The van der Waals surface area contributed by atoms with Gasteiger partial charge in [-0.2, -0.15) is 0 Å². The van der Waals surface area contributed by atoms with Crippen LogP contribution in [0.1, 0.15) is 6.92 Å². The van der Waals surface area contributed by atoms with Crippen molar-refractivity contribution in [2.45, 2.75) is 13.0 Å². The lowest BCUT2D eigenvalue weighted by Gasteiger charge is -2.38. The van der Waals surface area contributed by atoms with Gasteiger partial charge in [0.2, 0.25) is 0 Å². The second kappa shape index (κ2) is 3.75. The van der Waals surface area contributed by atoms with Gasteiger partial charge in [0.25, 0.3) is 0 Å². The lowest BCUT2D eigenvalue weighted by Crippen LogP contribution is -2.57. The highest BCUT2D eigenvalue weighted by atomic mass is 15.3. The summed E-state index contributed by atoms with van der Waals surface area (Å²) >= 11 is 0. The fourth-order valence-corrected chi connectivity index (χ4v) is 1.62. The first-order valence-corrected chi connectivity index (χ1v) is 4.80. The van der Waals surface area contributed by atoms with Crippen molar-refractivity contribution < 1.29 is 0 Å². The molecule has 2 rings (SSSR count). The average Bonchev–Trinajstić information content (AvgIpc) is 2.12. The van der Waals surface area contributed by atoms with E-state index in [-0.39, 0.29) is 0 Å². The minimum absolute atomic E-state index is 0.639. The molecule has 0 amide bonds. The molecule has 2 heterocycles. The molecule has 1 N–H and O–H groups in total. The van der Waals surface area contributed by atoms with Crippen LogP contribution < -0.4 is 10.2 Å². The Kier molecular flexibility index (Phi) is 2.45. The first-order valence-electron chi connectivity index (χ1n) is 4.80. The van der Waals surface area contributed by atoms with Crippen molar-refractivity contribution in [3.63, 3.8) is 0 Å². The van der Waals surface area contributed by atoms with Crippen LogP contribution >= 0.6 is 0 Å². The summed E-state index contributed by atoms with van der Waals surface area (Å²) in [5, 5.41) is 3.28. The zero-order valence-corrected chi connectivity index (χ0v) is 7.90. The molecule has 0 spiro atoms. The summed E-state index contributed by atoms with van der Waals surface area (Å²) in [5.74, 6) is 1.09. The zero-order chi connectivity index (χ0) is 9.10. The van der Waals surface area contributed by atoms with Gasteiger partial charge in [-0.3, -0.25) is 0 Å². The quantitative estimate of drug-likeness (QED) is 0.743. The minimum atomic E-state index is 0.639. The summed E-state index contributed by atoms with van der Waals surface area (Å²) in [4.78, 5) is 6.69. The molecular weight excluding hydrogens is 162 g/mol. The molecule has 0 radical (unpaired) electrons. The van der Waals surface area contributed by atoms with Crippen LogP contribution in [0.5, 0.6) is 0 Å². The van der Waals surface area contributed by atoms with E-state index in [1.807, 2.05) is 18.3 Å². The van der Waals surface area contributed by atoms with Crippen LogP contribution in [-0.2, 0) is 0 Å². The third-order valence-corrected chi connectivity index (χ3v) is 2.48. The molecule has 0 saturated carbocycles. The number of hydrogen-bond acceptors (Lipinski definition) is 3. The van der Waals surface area contributed by atoms with Crippen LogP contribution in [0.2, 0.25) is 0 Å². The molecule has 0 atom stereocenters. The van der Waals surface area contributed by atoms with E-state index < -0.39 is 0 Å². The van der Waals surface area contributed by atoms with E-state index in [2.05, 4.69) is 28.2 Å². The minimum Gasteiger partial charge on any atom is -0.351 e. The lowest BCUT2D eigenvalue weighted by molar-refractivity contribution is 0.415. The molecule has 70 valence electrons. The molecule has 13 heavy (non-hydrogen) atoms. The molecule has 1 aromatic heterocycles. The molecule has 0 aromatic carbocycles. The second-order valence-electron chi connectivity index (χ2n) is 3.29. The summed E-state index contributed by atoms with van der Waals surface area (Å²) in [7, 11) is 0. The predicted molar refractivity (Wildman–Crippen MR) is 53.9 cm³/mol. The second-order valence-corrected chi connectivity index (χ2v) is 3.29. The number of nitrogens with zero attached hydrogens (tertiary/aromatic N) is 2. The maximum Gasteiger partial charge on any atom is 0.128 e. The van der Waals surface area contributed by atoms with E-state index in [1.165, 1.54) is 0 Å². The third kappa shape index (κ3) is 1.65. The molecule has 0 unspecified atom stereocenters. The van der Waals surface area contributed by atoms with Crippen LogP contribution in [0.25, 0.3) is 0 Å². The van der Waals surface area contributed by atoms with Crippen molar-refractivity contribution in [2.24, 2.45) is 0 Å². The number of aromatic nitrogens is 1. The van der Waals surface area contributed by atoms with Gasteiger partial charge in [-0.25, -0.2) is 4.98 Å². The number of hydrogen-bond donors (Lipinski definition) is 1. The fourth-order valence-electron chi connectivity index (χ4n) is 1.62. The molecule has 1 saturated heterocycles. The van der Waals surface area contributed by atoms with Crippen molar-refractivity contribution in [3.8, 4) is 0 Å². The summed E-state index contributed by atoms with van der Waals surface area (Å²) in [6, 6.07) is 6.70. The number of pyridine rings is 1. The summed E-state index contributed by atoms with van der Waals surface area (Å²) in [6.07, 6.45) is 1.85. The first kappa shape index (κ1) is 8.51. The SMILES string of the molecule is CCN(c1ccccn1)C1CNC1. The van der Waals surface area contributed by atoms with Crippen molar-refractivity contribution >= 4 is 5.82 Å².